The summed E-state index contributed by atoms with van der Waals surface area (Å²) >= 11 is 1.84. The molecule has 4 aromatic heterocycles. The lowest BCUT2D eigenvalue weighted by molar-refractivity contribution is -0.0712. The molecule has 2 fully saturated rings. The van der Waals surface area contributed by atoms with E-state index in [1.165, 1.54) is 28.8 Å². The minimum atomic E-state index is 0.297. The molecule has 0 amide bonds. The zero-order chi connectivity index (χ0) is 24.3. The lowest BCUT2D eigenvalue weighted by atomic mass is 9.93. The molecule has 0 radical (unpaired) electrons. The molecule has 2 saturated heterocycles. The van der Waals surface area contributed by atoms with Crippen LogP contribution in [0.25, 0.3) is 27.6 Å². The molecule has 184 valence electrons. The van der Waals surface area contributed by atoms with Crippen LogP contribution in [0.4, 0.5) is 0 Å². The van der Waals surface area contributed by atoms with E-state index >= 15 is 0 Å². The number of nitrogens with one attached hydrogen (secondary N) is 1. The molecule has 4 aromatic rings. The van der Waals surface area contributed by atoms with E-state index in [-0.39, 0.29) is 0 Å². The van der Waals surface area contributed by atoms with Gasteiger partial charge in [-0.15, -0.1) is 11.3 Å². The van der Waals surface area contributed by atoms with E-state index < -0.39 is 0 Å². The van der Waals surface area contributed by atoms with Gasteiger partial charge in [0.15, 0.2) is 5.65 Å². The number of pyridine rings is 1. The summed E-state index contributed by atoms with van der Waals surface area (Å²) in [5.74, 6) is 0.879. The van der Waals surface area contributed by atoms with Crippen molar-refractivity contribution in [1.82, 2.24) is 34.7 Å². The lowest BCUT2D eigenvalue weighted by Gasteiger charge is -2.41. The smallest absolute Gasteiger partial charge is 0.158 e. The number of hydrogen-bond donors (Lipinski definition) is 1. The molecular formula is C26H33N7OS. The number of aryl methyl sites for hydroxylation is 2. The molecule has 0 unspecified atom stereocenters. The molecule has 0 spiro atoms. The highest BCUT2D eigenvalue weighted by molar-refractivity contribution is 7.15. The maximum Gasteiger partial charge on any atom is 0.158 e. The summed E-state index contributed by atoms with van der Waals surface area (Å²) in [7, 11) is 0. The van der Waals surface area contributed by atoms with Gasteiger partial charge in [0.25, 0.3) is 0 Å². The third-order valence-corrected chi connectivity index (χ3v) is 9.18. The number of likely N-dealkylation sites (tertiary alicyclic amines) is 1. The molecule has 2 aliphatic heterocycles. The minimum Gasteiger partial charge on any atom is -0.378 e. The van der Waals surface area contributed by atoms with Crippen LogP contribution in [0.3, 0.4) is 0 Å². The van der Waals surface area contributed by atoms with Gasteiger partial charge in [-0.3, -0.25) is 10.00 Å². The summed E-state index contributed by atoms with van der Waals surface area (Å²) in [6, 6.07) is 0.633. The van der Waals surface area contributed by atoms with Crippen LogP contribution in [0.5, 0.6) is 0 Å². The Morgan fingerprint density at radius 2 is 1.89 bits per heavy atom. The first-order valence-corrected chi connectivity index (χ1v) is 13.4. The first kappa shape index (κ1) is 22.8. The fourth-order valence-electron chi connectivity index (χ4n) is 5.58. The van der Waals surface area contributed by atoms with Crippen LogP contribution >= 0.6 is 11.3 Å². The maximum atomic E-state index is 5.40. The third-order valence-electron chi connectivity index (χ3n) is 7.85. The van der Waals surface area contributed by atoms with Crippen LogP contribution in [-0.4, -0.2) is 67.0 Å². The monoisotopic (exact) mass is 491 g/mol. The van der Waals surface area contributed by atoms with Gasteiger partial charge in [-0.1, -0.05) is 13.8 Å². The number of aromatic amines is 1. The number of H-pyrrole nitrogens is 1. The van der Waals surface area contributed by atoms with Gasteiger partial charge in [0, 0.05) is 22.2 Å². The maximum absolute atomic E-state index is 5.40. The number of piperidine rings is 1. The zero-order valence-electron chi connectivity index (χ0n) is 21.1. The molecule has 6 heterocycles. The molecule has 0 aliphatic carbocycles. The van der Waals surface area contributed by atoms with Crippen LogP contribution in [0, 0.1) is 20.8 Å². The van der Waals surface area contributed by atoms with Crippen LogP contribution in [0.2, 0.25) is 0 Å². The third kappa shape index (κ3) is 3.80. The second-order valence-corrected chi connectivity index (χ2v) is 11.3. The van der Waals surface area contributed by atoms with Crippen molar-refractivity contribution in [2.75, 3.05) is 26.3 Å². The Labute approximate surface area is 209 Å². The SMILES string of the molecule is Cc1nc(-c2n[nH]c(-c3cn4ncnc4c(C)c3C)c2C(C)C)sc1C1CCN(C2COC2)CC1. The number of ether oxygens (including phenoxy) is 1. The Morgan fingerprint density at radius 1 is 1.11 bits per heavy atom. The number of hydrogen-bond acceptors (Lipinski definition) is 7. The van der Waals surface area contributed by atoms with Crippen LogP contribution < -0.4 is 0 Å². The van der Waals surface area contributed by atoms with E-state index in [0.29, 0.717) is 17.9 Å². The van der Waals surface area contributed by atoms with Crippen molar-refractivity contribution < 1.29 is 4.74 Å². The predicted molar refractivity (Wildman–Crippen MR) is 138 cm³/mol. The molecule has 0 aromatic carbocycles. The van der Waals surface area contributed by atoms with E-state index in [4.69, 9.17) is 14.8 Å². The Bertz CT molecular complexity index is 1370. The quantitative estimate of drug-likeness (QED) is 0.429. The summed E-state index contributed by atoms with van der Waals surface area (Å²) in [5.41, 5.74) is 8.75. The van der Waals surface area contributed by atoms with Gasteiger partial charge in [-0.25, -0.2) is 14.5 Å². The second-order valence-electron chi connectivity index (χ2n) is 10.3. The molecule has 9 heteroatoms. The topological polar surface area (TPSA) is 84.2 Å². The molecule has 8 nitrogen and oxygen atoms in total. The average Bonchev–Trinajstić information content (AvgIpc) is 3.53. The molecule has 1 N–H and O–H groups in total. The van der Waals surface area contributed by atoms with E-state index in [0.717, 1.165) is 65.2 Å². The normalized spacial score (nSPS) is 18.1. The fraction of sp³-hybridized carbons (Fsp3) is 0.538. The van der Waals surface area contributed by atoms with Gasteiger partial charge in [0.1, 0.15) is 17.0 Å². The van der Waals surface area contributed by atoms with Crippen molar-refractivity contribution >= 4 is 17.0 Å². The minimum absolute atomic E-state index is 0.297. The highest BCUT2D eigenvalue weighted by atomic mass is 32.1. The van der Waals surface area contributed by atoms with E-state index in [2.05, 4.69) is 60.9 Å². The number of nitrogens with zero attached hydrogens (tertiary/aromatic N) is 6. The molecular weight excluding hydrogens is 458 g/mol. The van der Waals surface area contributed by atoms with Crippen LogP contribution in [0.15, 0.2) is 12.5 Å². The molecule has 0 saturated carbocycles. The average molecular weight is 492 g/mol. The van der Waals surface area contributed by atoms with Crippen molar-refractivity contribution in [2.24, 2.45) is 0 Å². The number of aromatic nitrogens is 6. The van der Waals surface area contributed by atoms with Gasteiger partial charge < -0.3 is 4.74 Å². The number of thiazole rings is 1. The Kier molecular flexibility index (Phi) is 5.74. The second kappa shape index (κ2) is 8.80. The molecule has 2 aliphatic rings. The van der Waals surface area contributed by atoms with Crippen molar-refractivity contribution in [1.29, 1.82) is 0 Å². The van der Waals surface area contributed by atoms with E-state index in [1.807, 2.05) is 15.9 Å². The van der Waals surface area contributed by atoms with Crippen LogP contribution in [0.1, 0.15) is 65.8 Å². The number of fused-ring (bicyclic) bond motifs is 1. The Balaban J connectivity index is 1.34. The Hall–Kier alpha value is -2.62. The van der Waals surface area contributed by atoms with Gasteiger partial charge in [-0.05, 0) is 69.7 Å². The summed E-state index contributed by atoms with van der Waals surface area (Å²) < 4.78 is 7.26. The van der Waals surface area contributed by atoms with E-state index in [9.17, 15) is 0 Å². The highest BCUT2D eigenvalue weighted by Gasteiger charge is 2.32. The lowest BCUT2D eigenvalue weighted by Crippen LogP contribution is -2.51. The van der Waals surface area contributed by atoms with Crippen LogP contribution in [-0.2, 0) is 4.74 Å². The summed E-state index contributed by atoms with van der Waals surface area (Å²) in [4.78, 5) is 13.5. The first-order chi connectivity index (χ1) is 16.9. The van der Waals surface area contributed by atoms with E-state index in [1.54, 1.807) is 6.33 Å². The van der Waals surface area contributed by atoms with Gasteiger partial charge in [0.05, 0.1) is 30.6 Å². The van der Waals surface area contributed by atoms with Gasteiger partial charge >= 0.3 is 0 Å². The molecule has 35 heavy (non-hydrogen) atoms. The molecule has 6 rings (SSSR count). The largest absolute Gasteiger partial charge is 0.378 e. The molecule has 0 atom stereocenters. The first-order valence-electron chi connectivity index (χ1n) is 12.6. The predicted octanol–water partition coefficient (Wildman–Crippen LogP) is 4.87. The zero-order valence-corrected chi connectivity index (χ0v) is 21.9. The summed E-state index contributed by atoms with van der Waals surface area (Å²) in [6.07, 6.45) is 6.06. The summed E-state index contributed by atoms with van der Waals surface area (Å²) in [5, 5.41) is 13.6. The standard InChI is InChI=1S/C26H33N7OS/c1-14(2)21-22(20-10-33-25(27-13-28-33)16(4)15(20)3)30-31-23(21)26-29-17(5)24(35-26)18-6-8-32(9-7-18)19-11-34-12-19/h10,13-14,18-19H,6-9,11-12H2,1-5H3,(H,30,31). The molecule has 0 bridgehead atoms. The van der Waals surface area contributed by atoms with Crippen molar-refractivity contribution in [3.8, 4) is 22.0 Å². The Morgan fingerprint density at radius 3 is 2.57 bits per heavy atom. The van der Waals surface area contributed by atoms with Crippen molar-refractivity contribution in [3.05, 3.63) is 39.8 Å². The van der Waals surface area contributed by atoms with Crippen molar-refractivity contribution in [2.45, 2.75) is 65.3 Å². The fourth-order valence-corrected chi connectivity index (χ4v) is 6.82. The highest BCUT2D eigenvalue weighted by Crippen LogP contribution is 2.42. The van der Waals surface area contributed by atoms with Crippen molar-refractivity contribution in [3.63, 3.8) is 0 Å². The van der Waals surface area contributed by atoms with Gasteiger partial charge in [0.2, 0.25) is 0 Å². The van der Waals surface area contributed by atoms with Gasteiger partial charge in [-0.2, -0.15) is 10.2 Å². The number of rotatable bonds is 5. The summed E-state index contributed by atoms with van der Waals surface area (Å²) in [6.45, 7) is 15.0.